The van der Waals surface area contributed by atoms with Gasteiger partial charge in [0.2, 0.25) is 0 Å². The van der Waals surface area contributed by atoms with E-state index in [2.05, 4.69) is 15.8 Å². The highest BCUT2D eigenvalue weighted by Gasteiger charge is 2.14. The van der Waals surface area contributed by atoms with E-state index < -0.39 is 5.91 Å². The lowest BCUT2D eigenvalue weighted by molar-refractivity contribution is 0.0956. The second-order valence-corrected chi connectivity index (χ2v) is 6.03. The molecule has 1 aromatic heterocycles. The smallest absolute Gasteiger partial charge is 0.273 e. The van der Waals surface area contributed by atoms with Gasteiger partial charge in [0.15, 0.2) is 0 Å². The molecule has 6 heteroatoms. The number of carbonyl (C=O) groups is 2. The van der Waals surface area contributed by atoms with E-state index in [0.29, 0.717) is 16.1 Å². The van der Waals surface area contributed by atoms with Gasteiger partial charge in [-0.2, -0.15) is 5.10 Å². The SMILES string of the molecule is O=C(Nc1ccccc1C(=O)N/N=C/c1ccccc1)c1cccs1. The third-order valence-corrected chi connectivity index (χ3v) is 4.21. The number of hydrazone groups is 1. The van der Waals surface area contributed by atoms with Gasteiger partial charge < -0.3 is 5.32 Å². The summed E-state index contributed by atoms with van der Waals surface area (Å²) in [5.41, 5.74) is 4.14. The Labute approximate surface area is 149 Å². The molecule has 0 radical (unpaired) electrons. The van der Waals surface area contributed by atoms with Gasteiger partial charge >= 0.3 is 0 Å². The van der Waals surface area contributed by atoms with Crippen LogP contribution in [0.2, 0.25) is 0 Å². The van der Waals surface area contributed by atoms with Crippen molar-refractivity contribution in [1.82, 2.24) is 5.43 Å². The second-order valence-electron chi connectivity index (χ2n) is 5.09. The maximum atomic E-state index is 12.4. The number of rotatable bonds is 5. The van der Waals surface area contributed by atoms with E-state index in [1.54, 1.807) is 42.6 Å². The van der Waals surface area contributed by atoms with Crippen molar-refractivity contribution in [1.29, 1.82) is 0 Å². The number of benzene rings is 2. The van der Waals surface area contributed by atoms with Gasteiger partial charge in [-0.25, -0.2) is 5.43 Å². The molecule has 0 unspecified atom stereocenters. The Morgan fingerprint density at radius 3 is 2.40 bits per heavy atom. The molecule has 1 heterocycles. The van der Waals surface area contributed by atoms with Crippen LogP contribution in [0.1, 0.15) is 25.6 Å². The van der Waals surface area contributed by atoms with Crippen molar-refractivity contribution in [2.45, 2.75) is 0 Å². The van der Waals surface area contributed by atoms with Crippen molar-refractivity contribution >= 4 is 35.1 Å². The van der Waals surface area contributed by atoms with Gasteiger partial charge in [-0.15, -0.1) is 11.3 Å². The van der Waals surface area contributed by atoms with E-state index >= 15 is 0 Å². The number of carbonyl (C=O) groups excluding carboxylic acids is 2. The largest absolute Gasteiger partial charge is 0.321 e. The average Bonchev–Trinajstić information content (AvgIpc) is 3.18. The van der Waals surface area contributed by atoms with Gasteiger partial charge in [0.1, 0.15) is 0 Å². The zero-order chi connectivity index (χ0) is 17.5. The molecule has 3 aromatic rings. The molecular weight excluding hydrogens is 334 g/mol. The van der Waals surface area contributed by atoms with Crippen LogP contribution in [-0.4, -0.2) is 18.0 Å². The van der Waals surface area contributed by atoms with Crippen molar-refractivity contribution in [3.05, 3.63) is 88.1 Å². The van der Waals surface area contributed by atoms with Crippen molar-refractivity contribution in [2.24, 2.45) is 5.10 Å². The molecule has 2 N–H and O–H groups in total. The fourth-order valence-electron chi connectivity index (χ4n) is 2.15. The van der Waals surface area contributed by atoms with Crippen molar-refractivity contribution in [3.63, 3.8) is 0 Å². The summed E-state index contributed by atoms with van der Waals surface area (Å²) in [6.45, 7) is 0. The number of amides is 2. The molecule has 2 amide bonds. The van der Waals surface area contributed by atoms with E-state index in [1.165, 1.54) is 11.3 Å². The lowest BCUT2D eigenvalue weighted by Gasteiger charge is -2.09. The third-order valence-electron chi connectivity index (χ3n) is 3.34. The molecule has 0 bridgehead atoms. The van der Waals surface area contributed by atoms with Crippen LogP contribution in [0.5, 0.6) is 0 Å². The summed E-state index contributed by atoms with van der Waals surface area (Å²) in [7, 11) is 0. The molecule has 3 rings (SSSR count). The molecule has 0 fully saturated rings. The molecule has 25 heavy (non-hydrogen) atoms. The quantitative estimate of drug-likeness (QED) is 0.544. The maximum Gasteiger partial charge on any atom is 0.273 e. The van der Waals surface area contributed by atoms with Crippen LogP contribution in [0.15, 0.2) is 77.2 Å². The molecule has 0 aliphatic heterocycles. The first kappa shape index (κ1) is 16.6. The van der Waals surface area contributed by atoms with E-state index in [-0.39, 0.29) is 5.91 Å². The van der Waals surface area contributed by atoms with Gasteiger partial charge in [-0.1, -0.05) is 48.5 Å². The fourth-order valence-corrected chi connectivity index (χ4v) is 2.77. The zero-order valence-electron chi connectivity index (χ0n) is 13.2. The summed E-state index contributed by atoms with van der Waals surface area (Å²) in [5.74, 6) is -0.641. The minimum Gasteiger partial charge on any atom is -0.321 e. The minimum absolute atomic E-state index is 0.247. The first-order valence-electron chi connectivity index (χ1n) is 7.56. The number of nitrogens with zero attached hydrogens (tertiary/aromatic N) is 1. The van der Waals surface area contributed by atoms with Gasteiger partial charge in [0, 0.05) is 0 Å². The summed E-state index contributed by atoms with van der Waals surface area (Å²) in [6, 6.07) is 19.8. The van der Waals surface area contributed by atoms with Gasteiger partial charge in [0.25, 0.3) is 11.8 Å². The first-order valence-corrected chi connectivity index (χ1v) is 8.44. The van der Waals surface area contributed by atoms with Crippen LogP contribution in [0.25, 0.3) is 0 Å². The number of anilines is 1. The van der Waals surface area contributed by atoms with Crippen LogP contribution in [0, 0.1) is 0 Å². The summed E-state index contributed by atoms with van der Waals surface area (Å²) < 4.78 is 0. The Balaban J connectivity index is 1.70. The van der Waals surface area contributed by atoms with Crippen molar-refractivity contribution < 1.29 is 9.59 Å². The van der Waals surface area contributed by atoms with E-state index in [1.807, 2.05) is 35.7 Å². The molecule has 0 saturated carbocycles. The summed E-state index contributed by atoms with van der Waals surface area (Å²) in [4.78, 5) is 25.1. The minimum atomic E-state index is -0.394. The normalized spacial score (nSPS) is 10.6. The first-order chi connectivity index (χ1) is 12.2. The number of nitrogens with one attached hydrogen (secondary N) is 2. The zero-order valence-corrected chi connectivity index (χ0v) is 14.0. The van der Waals surface area contributed by atoms with E-state index in [0.717, 1.165) is 5.56 Å². The lowest BCUT2D eigenvalue weighted by atomic mass is 10.1. The topological polar surface area (TPSA) is 70.6 Å². The van der Waals surface area contributed by atoms with Crippen LogP contribution in [0.4, 0.5) is 5.69 Å². The molecule has 2 aromatic carbocycles. The number of para-hydroxylation sites is 1. The summed E-state index contributed by atoms with van der Waals surface area (Å²) >= 11 is 1.34. The van der Waals surface area contributed by atoms with Gasteiger partial charge in [-0.05, 0) is 29.1 Å². The second kappa shape index (κ2) is 8.03. The summed E-state index contributed by atoms with van der Waals surface area (Å²) in [5, 5.41) is 8.54. The van der Waals surface area contributed by atoms with E-state index in [4.69, 9.17) is 0 Å². The van der Waals surface area contributed by atoms with Crippen molar-refractivity contribution in [2.75, 3.05) is 5.32 Å². The molecule has 0 saturated heterocycles. The number of hydrogen-bond donors (Lipinski definition) is 2. The molecule has 0 atom stereocenters. The Morgan fingerprint density at radius 1 is 0.880 bits per heavy atom. The van der Waals surface area contributed by atoms with Gasteiger partial charge in [-0.3, -0.25) is 9.59 Å². The molecule has 124 valence electrons. The van der Waals surface area contributed by atoms with Crippen LogP contribution < -0.4 is 10.7 Å². The summed E-state index contributed by atoms with van der Waals surface area (Å²) in [6.07, 6.45) is 1.56. The standard InChI is InChI=1S/C19H15N3O2S/c23-18(22-20-13-14-7-2-1-3-8-14)15-9-4-5-10-16(15)21-19(24)17-11-6-12-25-17/h1-13H,(H,21,24)(H,22,23)/b20-13+. The molecule has 0 spiro atoms. The average molecular weight is 349 g/mol. The molecular formula is C19H15N3O2S. The Hall–Kier alpha value is -3.25. The predicted octanol–water partition coefficient (Wildman–Crippen LogP) is 3.76. The molecule has 0 aliphatic rings. The van der Waals surface area contributed by atoms with Crippen molar-refractivity contribution in [3.8, 4) is 0 Å². The molecule has 5 nitrogen and oxygen atoms in total. The van der Waals surface area contributed by atoms with Crippen LogP contribution in [0.3, 0.4) is 0 Å². The highest BCUT2D eigenvalue weighted by Crippen LogP contribution is 2.17. The monoisotopic (exact) mass is 349 g/mol. The molecule has 0 aliphatic carbocycles. The predicted molar refractivity (Wildman–Crippen MR) is 100 cm³/mol. The third kappa shape index (κ3) is 4.39. The Bertz CT molecular complexity index is 890. The van der Waals surface area contributed by atoms with Crippen LogP contribution in [-0.2, 0) is 0 Å². The number of hydrogen-bond acceptors (Lipinski definition) is 4. The highest BCUT2D eigenvalue weighted by molar-refractivity contribution is 7.12. The van der Waals surface area contributed by atoms with E-state index in [9.17, 15) is 9.59 Å². The van der Waals surface area contributed by atoms with Gasteiger partial charge in [0.05, 0.1) is 22.3 Å². The fraction of sp³-hybridized carbons (Fsp3) is 0. The van der Waals surface area contributed by atoms with Crippen LogP contribution >= 0.6 is 11.3 Å². The maximum absolute atomic E-state index is 12.4. The Kier molecular flexibility index (Phi) is 5.33. The Morgan fingerprint density at radius 2 is 1.64 bits per heavy atom. The lowest BCUT2D eigenvalue weighted by Crippen LogP contribution is -2.21. The number of thiophene rings is 1. The highest BCUT2D eigenvalue weighted by atomic mass is 32.1.